The predicted octanol–water partition coefficient (Wildman–Crippen LogP) is 1.55. The Morgan fingerprint density at radius 3 is 3.00 bits per heavy atom. The Bertz CT molecular complexity index is 815. The highest BCUT2D eigenvalue weighted by Crippen LogP contribution is 2.31. The van der Waals surface area contributed by atoms with Crippen LogP contribution in [0.25, 0.3) is 0 Å². The van der Waals surface area contributed by atoms with Crippen molar-refractivity contribution in [1.82, 2.24) is 15.2 Å². The number of carbonyl (C=O) groups excluding carboxylic acids is 1. The van der Waals surface area contributed by atoms with Crippen molar-refractivity contribution >= 4 is 11.6 Å². The van der Waals surface area contributed by atoms with Crippen LogP contribution in [0.15, 0.2) is 42.7 Å². The fourth-order valence-electron chi connectivity index (χ4n) is 3.00. The minimum atomic E-state index is -0.535. The van der Waals surface area contributed by atoms with Crippen molar-refractivity contribution in [3.8, 4) is 11.5 Å². The molecule has 1 aromatic carbocycles. The third-order valence-corrected chi connectivity index (χ3v) is 4.34. The number of nitro groups is 1. The Morgan fingerprint density at radius 2 is 2.30 bits per heavy atom. The maximum atomic E-state index is 12.7. The van der Waals surface area contributed by atoms with E-state index in [4.69, 9.17) is 9.47 Å². The average Bonchev–Trinajstić information content (AvgIpc) is 2.72. The van der Waals surface area contributed by atoms with E-state index in [2.05, 4.69) is 10.3 Å². The van der Waals surface area contributed by atoms with Crippen molar-refractivity contribution in [3.63, 3.8) is 0 Å². The minimum absolute atomic E-state index is 0.0837. The Morgan fingerprint density at radius 1 is 1.44 bits per heavy atom. The molecule has 1 aliphatic rings. The highest BCUT2D eigenvalue weighted by Gasteiger charge is 2.28. The van der Waals surface area contributed by atoms with Crippen molar-refractivity contribution in [2.45, 2.75) is 6.04 Å². The van der Waals surface area contributed by atoms with Crippen LogP contribution in [0.3, 0.4) is 0 Å². The molecular weight excluding hydrogens is 352 g/mol. The SMILES string of the molecule is COc1cc(OCC(=O)N2CCNCC2c2cccnc2)ccc1[N+](=O)[O-]. The zero-order chi connectivity index (χ0) is 19.2. The number of rotatable bonds is 6. The number of amides is 1. The first-order valence-corrected chi connectivity index (χ1v) is 8.45. The summed E-state index contributed by atoms with van der Waals surface area (Å²) in [5.41, 5.74) is 0.796. The largest absolute Gasteiger partial charge is 0.490 e. The number of aromatic nitrogens is 1. The Kier molecular flexibility index (Phi) is 5.82. The second kappa shape index (κ2) is 8.45. The van der Waals surface area contributed by atoms with Crippen LogP contribution in [0, 0.1) is 10.1 Å². The maximum Gasteiger partial charge on any atom is 0.311 e. The van der Waals surface area contributed by atoms with Crippen LogP contribution < -0.4 is 14.8 Å². The second-order valence-electron chi connectivity index (χ2n) is 5.97. The van der Waals surface area contributed by atoms with E-state index in [1.807, 2.05) is 12.1 Å². The zero-order valence-corrected chi connectivity index (χ0v) is 14.8. The molecule has 142 valence electrons. The molecule has 0 spiro atoms. The highest BCUT2D eigenvalue weighted by atomic mass is 16.6. The fourth-order valence-corrected chi connectivity index (χ4v) is 3.00. The lowest BCUT2D eigenvalue weighted by Gasteiger charge is -2.36. The topological polar surface area (TPSA) is 107 Å². The van der Waals surface area contributed by atoms with Gasteiger partial charge in [-0.15, -0.1) is 0 Å². The summed E-state index contributed by atoms with van der Waals surface area (Å²) < 4.78 is 10.6. The molecule has 9 heteroatoms. The van der Waals surface area contributed by atoms with E-state index in [0.717, 1.165) is 5.56 Å². The smallest absolute Gasteiger partial charge is 0.311 e. The quantitative estimate of drug-likeness (QED) is 0.605. The standard InChI is InChI=1S/C18H20N4O5/c1-26-17-9-14(4-5-15(17)22(24)25)27-12-18(23)21-8-7-20-11-16(21)13-3-2-6-19-10-13/h2-6,9-10,16,20H,7-8,11-12H2,1H3. The first-order chi connectivity index (χ1) is 13.1. The summed E-state index contributed by atoms with van der Waals surface area (Å²) in [6, 6.07) is 7.81. The number of ether oxygens (including phenoxy) is 2. The van der Waals surface area contributed by atoms with Crippen LogP contribution in [-0.2, 0) is 4.79 Å². The van der Waals surface area contributed by atoms with Gasteiger partial charge in [0.05, 0.1) is 18.1 Å². The van der Waals surface area contributed by atoms with Crippen LogP contribution in [0.2, 0.25) is 0 Å². The molecule has 1 N–H and O–H groups in total. The summed E-state index contributed by atoms with van der Waals surface area (Å²) in [4.78, 5) is 29.0. The summed E-state index contributed by atoms with van der Waals surface area (Å²) in [6.45, 7) is 1.74. The molecule has 2 heterocycles. The Labute approximate surface area is 156 Å². The Balaban J connectivity index is 1.68. The number of nitrogens with one attached hydrogen (secondary N) is 1. The number of nitrogens with zero attached hydrogens (tertiary/aromatic N) is 3. The predicted molar refractivity (Wildman–Crippen MR) is 96.7 cm³/mol. The normalized spacial score (nSPS) is 16.6. The van der Waals surface area contributed by atoms with Gasteiger partial charge in [-0.3, -0.25) is 19.9 Å². The monoisotopic (exact) mass is 372 g/mol. The molecular formula is C18H20N4O5. The average molecular weight is 372 g/mol. The lowest BCUT2D eigenvalue weighted by Crippen LogP contribution is -2.50. The summed E-state index contributed by atoms with van der Waals surface area (Å²) in [5.74, 6) is 0.252. The maximum absolute atomic E-state index is 12.7. The van der Waals surface area contributed by atoms with Crippen molar-refractivity contribution in [2.24, 2.45) is 0 Å². The molecule has 1 amide bonds. The molecule has 2 aromatic rings. The molecule has 3 rings (SSSR count). The van der Waals surface area contributed by atoms with Crippen LogP contribution in [0.1, 0.15) is 11.6 Å². The zero-order valence-electron chi connectivity index (χ0n) is 14.8. The fraction of sp³-hybridized carbons (Fsp3) is 0.333. The molecule has 0 radical (unpaired) electrons. The Hall–Kier alpha value is -3.20. The molecule has 1 fully saturated rings. The molecule has 1 aliphatic heterocycles. The van der Waals surface area contributed by atoms with Crippen LogP contribution in [-0.4, -0.2) is 54.1 Å². The lowest BCUT2D eigenvalue weighted by atomic mass is 10.1. The summed E-state index contributed by atoms with van der Waals surface area (Å²) in [5, 5.41) is 14.2. The molecule has 0 saturated carbocycles. The number of piperazine rings is 1. The third kappa shape index (κ3) is 4.32. The minimum Gasteiger partial charge on any atom is -0.490 e. The van der Waals surface area contributed by atoms with Gasteiger partial charge in [0, 0.05) is 44.2 Å². The number of pyridine rings is 1. The van der Waals surface area contributed by atoms with Crippen molar-refractivity contribution in [2.75, 3.05) is 33.4 Å². The van der Waals surface area contributed by atoms with Gasteiger partial charge in [0.15, 0.2) is 6.61 Å². The van der Waals surface area contributed by atoms with Gasteiger partial charge in [0.2, 0.25) is 5.75 Å². The van der Waals surface area contributed by atoms with E-state index in [9.17, 15) is 14.9 Å². The van der Waals surface area contributed by atoms with Gasteiger partial charge in [-0.25, -0.2) is 0 Å². The van der Waals surface area contributed by atoms with Crippen LogP contribution >= 0.6 is 0 Å². The summed E-state index contributed by atoms with van der Waals surface area (Å²) in [7, 11) is 1.34. The molecule has 27 heavy (non-hydrogen) atoms. The first kappa shape index (κ1) is 18.6. The van der Waals surface area contributed by atoms with E-state index in [0.29, 0.717) is 25.4 Å². The summed E-state index contributed by atoms with van der Waals surface area (Å²) >= 11 is 0. The number of hydrogen-bond donors (Lipinski definition) is 1. The number of carbonyl (C=O) groups is 1. The van der Waals surface area contributed by atoms with E-state index < -0.39 is 4.92 Å². The molecule has 0 bridgehead atoms. The van der Waals surface area contributed by atoms with Gasteiger partial charge in [-0.1, -0.05) is 6.07 Å². The summed E-state index contributed by atoms with van der Waals surface area (Å²) in [6.07, 6.45) is 3.44. The van der Waals surface area contributed by atoms with Crippen LogP contribution in [0.4, 0.5) is 5.69 Å². The van der Waals surface area contributed by atoms with Crippen molar-refractivity contribution < 1.29 is 19.2 Å². The highest BCUT2D eigenvalue weighted by molar-refractivity contribution is 5.78. The van der Waals surface area contributed by atoms with E-state index in [-0.39, 0.29) is 30.0 Å². The van der Waals surface area contributed by atoms with Gasteiger partial charge < -0.3 is 19.7 Å². The third-order valence-electron chi connectivity index (χ3n) is 4.34. The first-order valence-electron chi connectivity index (χ1n) is 8.45. The molecule has 9 nitrogen and oxygen atoms in total. The van der Waals surface area contributed by atoms with Gasteiger partial charge in [0.1, 0.15) is 5.75 Å². The van der Waals surface area contributed by atoms with E-state index in [1.54, 1.807) is 17.3 Å². The molecule has 1 saturated heterocycles. The molecule has 1 unspecified atom stereocenters. The molecule has 0 aliphatic carbocycles. The van der Waals surface area contributed by atoms with E-state index in [1.165, 1.54) is 25.3 Å². The molecule has 1 aromatic heterocycles. The van der Waals surface area contributed by atoms with Gasteiger partial charge in [-0.2, -0.15) is 0 Å². The van der Waals surface area contributed by atoms with Crippen molar-refractivity contribution in [3.05, 3.63) is 58.4 Å². The molecule has 1 atom stereocenters. The number of hydrogen-bond acceptors (Lipinski definition) is 7. The van der Waals surface area contributed by atoms with Crippen LogP contribution in [0.5, 0.6) is 11.5 Å². The number of nitro benzene ring substituents is 1. The number of benzene rings is 1. The van der Waals surface area contributed by atoms with E-state index >= 15 is 0 Å². The van der Waals surface area contributed by atoms with Gasteiger partial charge in [0.25, 0.3) is 5.91 Å². The number of methoxy groups -OCH3 is 1. The van der Waals surface area contributed by atoms with Gasteiger partial charge >= 0.3 is 5.69 Å². The lowest BCUT2D eigenvalue weighted by molar-refractivity contribution is -0.385. The van der Waals surface area contributed by atoms with Gasteiger partial charge in [-0.05, 0) is 17.7 Å². The second-order valence-corrected chi connectivity index (χ2v) is 5.97. The van der Waals surface area contributed by atoms with Crippen molar-refractivity contribution in [1.29, 1.82) is 0 Å².